The lowest BCUT2D eigenvalue weighted by Crippen LogP contribution is -2.06. The van der Waals surface area contributed by atoms with E-state index in [1.165, 1.54) is 0 Å². The van der Waals surface area contributed by atoms with Gasteiger partial charge < -0.3 is 5.32 Å². The number of carbonyl (C=O) groups excluding carboxylic acids is 1. The predicted molar refractivity (Wildman–Crippen MR) is 117 cm³/mol. The average Bonchev–Trinajstić information content (AvgIpc) is 3.19. The molecular formula is C25H21N3O. The van der Waals surface area contributed by atoms with Crippen LogP contribution < -0.4 is 5.32 Å². The SMILES string of the molecule is CC(=CC(=O)c1ccccc1)Nc1cc(-c2ccccc2)nn1-c1ccccc1. The summed E-state index contributed by atoms with van der Waals surface area (Å²) in [6.45, 7) is 1.88. The van der Waals surface area contributed by atoms with Crippen molar-refractivity contribution in [1.29, 1.82) is 0 Å². The van der Waals surface area contributed by atoms with Crippen LogP contribution >= 0.6 is 0 Å². The summed E-state index contributed by atoms with van der Waals surface area (Å²) in [4.78, 5) is 12.5. The van der Waals surface area contributed by atoms with Crippen molar-refractivity contribution in [2.75, 3.05) is 5.32 Å². The van der Waals surface area contributed by atoms with Crippen molar-refractivity contribution < 1.29 is 4.79 Å². The van der Waals surface area contributed by atoms with E-state index in [9.17, 15) is 4.79 Å². The average molecular weight is 379 g/mol. The number of para-hydroxylation sites is 1. The third kappa shape index (κ3) is 4.33. The normalized spacial score (nSPS) is 11.3. The molecule has 0 aliphatic heterocycles. The number of allylic oxidation sites excluding steroid dienone is 2. The largest absolute Gasteiger partial charge is 0.344 e. The first-order chi connectivity index (χ1) is 14.2. The maximum atomic E-state index is 12.5. The van der Waals surface area contributed by atoms with E-state index in [0.29, 0.717) is 5.56 Å². The maximum Gasteiger partial charge on any atom is 0.187 e. The van der Waals surface area contributed by atoms with Crippen LogP contribution in [0.2, 0.25) is 0 Å². The number of carbonyl (C=O) groups is 1. The van der Waals surface area contributed by atoms with Crippen LogP contribution in [0.4, 0.5) is 5.82 Å². The van der Waals surface area contributed by atoms with Gasteiger partial charge in [0.2, 0.25) is 0 Å². The molecule has 4 aromatic rings. The van der Waals surface area contributed by atoms with E-state index < -0.39 is 0 Å². The van der Waals surface area contributed by atoms with Crippen LogP contribution in [0, 0.1) is 0 Å². The number of anilines is 1. The van der Waals surface area contributed by atoms with Crippen LogP contribution in [0.3, 0.4) is 0 Å². The Morgan fingerprint density at radius 3 is 2.10 bits per heavy atom. The standard InChI is InChI=1S/C25H21N3O/c1-19(17-24(29)21-13-7-3-8-14-21)26-25-18-23(20-11-5-2-6-12-20)27-28(25)22-15-9-4-10-16-22/h2-18,26H,1H3. The lowest BCUT2D eigenvalue weighted by atomic mass is 10.1. The first kappa shape index (κ1) is 18.4. The quantitative estimate of drug-likeness (QED) is 0.343. The molecule has 0 fully saturated rings. The van der Waals surface area contributed by atoms with Gasteiger partial charge in [-0.05, 0) is 19.1 Å². The number of hydrogen-bond acceptors (Lipinski definition) is 3. The summed E-state index contributed by atoms with van der Waals surface area (Å²) < 4.78 is 1.85. The van der Waals surface area contributed by atoms with E-state index in [2.05, 4.69) is 5.32 Å². The van der Waals surface area contributed by atoms with Gasteiger partial charge >= 0.3 is 0 Å². The molecule has 1 heterocycles. The minimum atomic E-state index is -0.0374. The highest BCUT2D eigenvalue weighted by Crippen LogP contribution is 2.25. The third-order valence-corrected chi connectivity index (χ3v) is 4.51. The molecule has 29 heavy (non-hydrogen) atoms. The van der Waals surface area contributed by atoms with Gasteiger partial charge in [0.05, 0.1) is 11.4 Å². The fourth-order valence-corrected chi connectivity index (χ4v) is 3.11. The number of rotatable bonds is 6. The zero-order valence-corrected chi connectivity index (χ0v) is 16.1. The molecule has 0 bridgehead atoms. The fraction of sp³-hybridized carbons (Fsp3) is 0.0400. The van der Waals surface area contributed by atoms with Crippen molar-refractivity contribution in [3.05, 3.63) is 114 Å². The monoisotopic (exact) mass is 379 g/mol. The molecule has 1 aromatic heterocycles. The summed E-state index contributed by atoms with van der Waals surface area (Å²) in [7, 11) is 0. The number of nitrogens with zero attached hydrogens (tertiary/aromatic N) is 2. The van der Waals surface area contributed by atoms with Gasteiger partial charge in [0.15, 0.2) is 5.78 Å². The van der Waals surface area contributed by atoms with Crippen molar-refractivity contribution in [3.63, 3.8) is 0 Å². The molecule has 0 aliphatic rings. The van der Waals surface area contributed by atoms with E-state index in [0.717, 1.165) is 28.5 Å². The van der Waals surface area contributed by atoms with Crippen LogP contribution in [-0.4, -0.2) is 15.6 Å². The molecule has 0 saturated heterocycles. The zero-order chi connectivity index (χ0) is 20.1. The summed E-state index contributed by atoms with van der Waals surface area (Å²) in [5.74, 6) is 0.759. The minimum Gasteiger partial charge on any atom is -0.344 e. The Kier molecular flexibility index (Phi) is 5.34. The molecule has 0 unspecified atom stereocenters. The second-order valence-corrected chi connectivity index (χ2v) is 6.71. The molecular weight excluding hydrogens is 358 g/mol. The first-order valence-electron chi connectivity index (χ1n) is 9.46. The van der Waals surface area contributed by atoms with E-state index in [4.69, 9.17) is 5.10 Å². The summed E-state index contributed by atoms with van der Waals surface area (Å²) in [6.07, 6.45) is 1.61. The molecule has 142 valence electrons. The number of nitrogens with one attached hydrogen (secondary N) is 1. The smallest absolute Gasteiger partial charge is 0.187 e. The number of hydrogen-bond donors (Lipinski definition) is 1. The van der Waals surface area contributed by atoms with Crippen molar-refractivity contribution in [3.8, 4) is 16.9 Å². The van der Waals surface area contributed by atoms with Gasteiger partial charge in [0.25, 0.3) is 0 Å². The molecule has 0 atom stereocenters. The second-order valence-electron chi connectivity index (χ2n) is 6.71. The highest BCUT2D eigenvalue weighted by Gasteiger charge is 2.12. The van der Waals surface area contributed by atoms with Gasteiger partial charge in [-0.2, -0.15) is 5.10 Å². The molecule has 1 N–H and O–H groups in total. The minimum absolute atomic E-state index is 0.0374. The van der Waals surface area contributed by atoms with Gasteiger partial charge in [-0.15, -0.1) is 0 Å². The highest BCUT2D eigenvalue weighted by molar-refractivity contribution is 6.05. The Labute approximate surface area is 170 Å². The van der Waals surface area contributed by atoms with Crippen LogP contribution in [0.15, 0.2) is 109 Å². The van der Waals surface area contributed by atoms with Crippen LogP contribution in [0.25, 0.3) is 16.9 Å². The third-order valence-electron chi connectivity index (χ3n) is 4.51. The summed E-state index contributed by atoms with van der Waals surface area (Å²) in [5.41, 5.74) is 4.25. The topological polar surface area (TPSA) is 46.9 Å². The maximum absolute atomic E-state index is 12.5. The van der Waals surface area contributed by atoms with Gasteiger partial charge in [0.1, 0.15) is 5.82 Å². The lowest BCUT2D eigenvalue weighted by Gasteiger charge is -2.10. The Hall–Kier alpha value is -3.92. The number of ketones is 1. The van der Waals surface area contributed by atoms with Gasteiger partial charge in [-0.25, -0.2) is 4.68 Å². The summed E-state index contributed by atoms with van der Waals surface area (Å²) in [5, 5.41) is 8.12. The van der Waals surface area contributed by atoms with Crippen molar-refractivity contribution in [2.45, 2.75) is 6.92 Å². The van der Waals surface area contributed by atoms with Crippen LogP contribution in [0.1, 0.15) is 17.3 Å². The second kappa shape index (κ2) is 8.40. The molecule has 3 aromatic carbocycles. The van der Waals surface area contributed by atoms with Crippen LogP contribution in [0.5, 0.6) is 0 Å². The molecule has 0 radical (unpaired) electrons. The van der Waals surface area contributed by atoms with Crippen LogP contribution in [-0.2, 0) is 0 Å². The van der Waals surface area contributed by atoms with E-state index in [1.807, 2.05) is 109 Å². The van der Waals surface area contributed by atoms with Gasteiger partial charge in [0, 0.05) is 29.0 Å². The first-order valence-corrected chi connectivity index (χ1v) is 9.46. The summed E-state index contributed by atoms with van der Waals surface area (Å²) in [6, 6.07) is 31.2. The van der Waals surface area contributed by atoms with Crippen molar-refractivity contribution in [1.82, 2.24) is 9.78 Å². The summed E-state index contributed by atoms with van der Waals surface area (Å²) >= 11 is 0. The van der Waals surface area contributed by atoms with E-state index in [1.54, 1.807) is 6.08 Å². The Morgan fingerprint density at radius 2 is 1.45 bits per heavy atom. The number of benzene rings is 3. The van der Waals surface area contributed by atoms with Gasteiger partial charge in [-0.1, -0.05) is 78.9 Å². The Balaban J connectivity index is 1.68. The molecule has 4 nitrogen and oxygen atoms in total. The fourth-order valence-electron chi connectivity index (χ4n) is 3.11. The number of aromatic nitrogens is 2. The molecule has 4 heteroatoms. The Morgan fingerprint density at radius 1 is 0.862 bits per heavy atom. The molecule has 4 rings (SSSR count). The molecule has 0 aliphatic carbocycles. The van der Waals surface area contributed by atoms with Gasteiger partial charge in [-0.3, -0.25) is 4.79 Å². The highest BCUT2D eigenvalue weighted by atomic mass is 16.1. The molecule has 0 saturated carbocycles. The van der Waals surface area contributed by atoms with Crippen molar-refractivity contribution >= 4 is 11.6 Å². The van der Waals surface area contributed by atoms with E-state index >= 15 is 0 Å². The lowest BCUT2D eigenvalue weighted by molar-refractivity contribution is 0.104. The molecule has 0 amide bonds. The van der Waals surface area contributed by atoms with E-state index in [-0.39, 0.29) is 5.78 Å². The van der Waals surface area contributed by atoms with Crippen molar-refractivity contribution in [2.24, 2.45) is 0 Å². The predicted octanol–water partition coefficient (Wildman–Crippen LogP) is 5.74. The zero-order valence-electron chi connectivity index (χ0n) is 16.1. The molecule has 0 spiro atoms. The Bertz CT molecular complexity index is 1130.